The zero-order valence-electron chi connectivity index (χ0n) is 12.3. The van der Waals surface area contributed by atoms with Crippen molar-refractivity contribution in [2.75, 3.05) is 6.54 Å². The van der Waals surface area contributed by atoms with Crippen molar-refractivity contribution >= 4 is 23.4 Å². The predicted octanol–water partition coefficient (Wildman–Crippen LogP) is 1.96. The van der Waals surface area contributed by atoms with Crippen LogP contribution < -0.4 is 10.6 Å². The van der Waals surface area contributed by atoms with Gasteiger partial charge in [-0.15, -0.1) is 11.6 Å². The number of rotatable bonds is 2. The Bertz CT molecular complexity index is 479. The number of alkyl halides is 1. The van der Waals surface area contributed by atoms with Crippen LogP contribution in [0.25, 0.3) is 0 Å². The summed E-state index contributed by atoms with van der Waals surface area (Å²) in [5.41, 5.74) is -0.302. The molecule has 5 aliphatic rings. The fourth-order valence-corrected chi connectivity index (χ4v) is 6.33. The molecule has 4 saturated carbocycles. The number of hydrogen-bond acceptors (Lipinski definition) is 2. The van der Waals surface area contributed by atoms with E-state index in [1.165, 1.54) is 6.42 Å². The van der Waals surface area contributed by atoms with Crippen molar-refractivity contribution in [3.8, 4) is 0 Å². The normalized spacial score (nSPS) is 48.0. The Balaban J connectivity index is 1.52. The number of amides is 2. The summed E-state index contributed by atoms with van der Waals surface area (Å²) in [5.74, 6) is 1.27. The van der Waals surface area contributed by atoms with Crippen molar-refractivity contribution in [1.29, 1.82) is 0 Å². The average Bonchev–Trinajstić information content (AvgIpc) is 2.38. The summed E-state index contributed by atoms with van der Waals surface area (Å²) >= 11 is 6.78. The molecule has 0 aromatic heterocycles. The topological polar surface area (TPSA) is 58.2 Å². The lowest BCUT2D eigenvalue weighted by molar-refractivity contribution is -0.147. The van der Waals surface area contributed by atoms with Crippen molar-refractivity contribution in [2.24, 2.45) is 17.3 Å². The Labute approximate surface area is 130 Å². The quantitative estimate of drug-likeness (QED) is 0.766. The van der Waals surface area contributed by atoms with Crippen LogP contribution in [0.4, 0.5) is 0 Å². The molecule has 0 aromatic carbocycles. The van der Waals surface area contributed by atoms with E-state index in [-0.39, 0.29) is 28.1 Å². The summed E-state index contributed by atoms with van der Waals surface area (Å²) in [4.78, 5) is 24.6. The zero-order chi connectivity index (χ0) is 14.7. The van der Waals surface area contributed by atoms with Crippen molar-refractivity contribution in [3.63, 3.8) is 0 Å². The van der Waals surface area contributed by atoms with E-state index in [9.17, 15) is 9.59 Å². The monoisotopic (exact) mass is 310 g/mol. The van der Waals surface area contributed by atoms with E-state index in [1.54, 1.807) is 0 Å². The highest BCUT2D eigenvalue weighted by Gasteiger charge is 2.60. The number of carbonyl (C=O) groups is 2. The van der Waals surface area contributed by atoms with Crippen LogP contribution in [0.15, 0.2) is 0 Å². The molecule has 0 aromatic rings. The van der Waals surface area contributed by atoms with Crippen LogP contribution in [0.2, 0.25) is 0 Å². The first kappa shape index (κ1) is 13.9. The van der Waals surface area contributed by atoms with Gasteiger partial charge in [0.1, 0.15) is 6.04 Å². The van der Waals surface area contributed by atoms with E-state index < -0.39 is 0 Å². The smallest absolute Gasteiger partial charge is 0.242 e. The second-order valence-electron chi connectivity index (χ2n) is 7.85. The second-order valence-corrected chi connectivity index (χ2v) is 8.65. The maximum atomic E-state index is 12.9. The van der Waals surface area contributed by atoms with Gasteiger partial charge in [-0.25, -0.2) is 0 Å². The van der Waals surface area contributed by atoms with Gasteiger partial charge in [0.2, 0.25) is 11.8 Å². The van der Waals surface area contributed by atoms with Crippen molar-refractivity contribution in [3.05, 3.63) is 0 Å². The van der Waals surface area contributed by atoms with Crippen LogP contribution >= 0.6 is 11.6 Å². The van der Waals surface area contributed by atoms with Crippen LogP contribution in [-0.2, 0) is 9.59 Å². The molecule has 4 aliphatic carbocycles. The summed E-state index contributed by atoms with van der Waals surface area (Å²) in [6.45, 7) is 0.727. The van der Waals surface area contributed by atoms with Gasteiger partial charge in [-0.1, -0.05) is 0 Å². The molecule has 0 radical (unpaired) electrons. The fourth-order valence-electron chi connectivity index (χ4n) is 5.64. The molecular formula is C16H23ClN2O2. The maximum absolute atomic E-state index is 12.9. The minimum Gasteiger partial charge on any atom is -0.354 e. The molecule has 116 valence electrons. The van der Waals surface area contributed by atoms with Gasteiger partial charge in [0.05, 0.1) is 5.41 Å². The summed E-state index contributed by atoms with van der Waals surface area (Å²) in [5, 5.41) is 5.87. The number of hydrogen-bond donors (Lipinski definition) is 2. The van der Waals surface area contributed by atoms with Gasteiger partial charge in [-0.3, -0.25) is 9.59 Å². The van der Waals surface area contributed by atoms with E-state index in [1.807, 2.05) is 0 Å². The lowest BCUT2D eigenvalue weighted by Crippen LogP contribution is -2.61. The third kappa shape index (κ3) is 2.26. The van der Waals surface area contributed by atoms with E-state index in [4.69, 9.17) is 11.6 Å². The third-order valence-corrected chi connectivity index (χ3v) is 6.50. The number of piperidine rings is 1. The van der Waals surface area contributed by atoms with Crippen LogP contribution in [0.1, 0.15) is 51.4 Å². The highest BCUT2D eigenvalue weighted by Crippen LogP contribution is 2.63. The fraction of sp³-hybridized carbons (Fsp3) is 0.875. The summed E-state index contributed by atoms with van der Waals surface area (Å²) in [6, 6.07) is -0.342. The molecule has 2 amide bonds. The van der Waals surface area contributed by atoms with Gasteiger partial charge in [0.25, 0.3) is 0 Å². The van der Waals surface area contributed by atoms with Gasteiger partial charge in [0.15, 0.2) is 0 Å². The minimum absolute atomic E-state index is 0.0279. The van der Waals surface area contributed by atoms with Gasteiger partial charge in [0, 0.05) is 11.4 Å². The van der Waals surface area contributed by atoms with Crippen LogP contribution in [-0.4, -0.2) is 29.3 Å². The average molecular weight is 311 g/mol. The van der Waals surface area contributed by atoms with E-state index in [2.05, 4.69) is 10.6 Å². The van der Waals surface area contributed by atoms with Crippen LogP contribution in [0.3, 0.4) is 0 Å². The summed E-state index contributed by atoms with van der Waals surface area (Å²) in [7, 11) is 0. The van der Waals surface area contributed by atoms with Crippen LogP contribution in [0, 0.1) is 17.3 Å². The van der Waals surface area contributed by atoms with Crippen molar-refractivity contribution in [2.45, 2.75) is 62.3 Å². The molecule has 1 aliphatic heterocycles. The molecule has 3 atom stereocenters. The molecule has 2 N–H and O–H groups in total. The molecule has 5 fully saturated rings. The Morgan fingerprint density at radius 2 is 1.95 bits per heavy atom. The maximum Gasteiger partial charge on any atom is 0.242 e. The number of halogens is 1. The largest absolute Gasteiger partial charge is 0.354 e. The SMILES string of the molecule is O=C1NCCC[C@@H]1NC(=O)C12C[C@H]3C[C@@H](CC(Cl)(C3)C1)C2. The van der Waals surface area contributed by atoms with E-state index >= 15 is 0 Å². The van der Waals surface area contributed by atoms with Gasteiger partial charge in [-0.05, 0) is 63.2 Å². The van der Waals surface area contributed by atoms with Gasteiger partial charge in [-0.2, -0.15) is 0 Å². The molecule has 4 bridgehead atoms. The molecule has 4 nitrogen and oxygen atoms in total. The first-order valence-electron chi connectivity index (χ1n) is 8.26. The Hall–Kier alpha value is -0.770. The molecule has 0 unspecified atom stereocenters. The lowest BCUT2D eigenvalue weighted by Gasteiger charge is -2.59. The Kier molecular flexibility index (Phi) is 3.04. The molecule has 21 heavy (non-hydrogen) atoms. The Morgan fingerprint density at radius 1 is 1.24 bits per heavy atom. The molecule has 0 spiro atoms. The van der Waals surface area contributed by atoms with Crippen molar-refractivity contribution in [1.82, 2.24) is 10.6 Å². The molecule has 5 rings (SSSR count). The molecule has 5 heteroatoms. The van der Waals surface area contributed by atoms with E-state index in [0.717, 1.165) is 51.5 Å². The third-order valence-electron chi connectivity index (χ3n) is 6.06. The standard InChI is InChI=1S/C16H23ClN2O2/c17-16-7-10-4-11(8-16)6-15(5-10,9-16)14(21)19-12-2-1-3-18-13(12)20/h10-12H,1-9H2,(H,18,20)(H,19,21)/t10-,11-,12+,15?,16?/m1/s1. The number of nitrogens with one attached hydrogen (secondary N) is 2. The Morgan fingerprint density at radius 3 is 2.57 bits per heavy atom. The first-order chi connectivity index (χ1) is 9.98. The van der Waals surface area contributed by atoms with Crippen LogP contribution in [0.5, 0.6) is 0 Å². The highest BCUT2D eigenvalue weighted by atomic mass is 35.5. The summed E-state index contributed by atoms with van der Waals surface area (Å²) in [6.07, 6.45) is 7.83. The summed E-state index contributed by atoms with van der Waals surface area (Å²) < 4.78 is 0. The predicted molar refractivity (Wildman–Crippen MR) is 79.9 cm³/mol. The van der Waals surface area contributed by atoms with E-state index in [0.29, 0.717) is 11.8 Å². The van der Waals surface area contributed by atoms with Gasteiger partial charge < -0.3 is 10.6 Å². The highest BCUT2D eigenvalue weighted by molar-refractivity contribution is 6.24. The second kappa shape index (κ2) is 4.61. The number of carbonyl (C=O) groups excluding carboxylic acids is 2. The molecule has 1 saturated heterocycles. The van der Waals surface area contributed by atoms with Gasteiger partial charge >= 0.3 is 0 Å². The lowest BCUT2D eigenvalue weighted by atomic mass is 9.49. The molecular weight excluding hydrogens is 288 g/mol. The first-order valence-corrected chi connectivity index (χ1v) is 8.64. The molecule has 1 heterocycles. The van der Waals surface area contributed by atoms with Crippen molar-refractivity contribution < 1.29 is 9.59 Å². The minimum atomic E-state index is -0.342. The zero-order valence-corrected chi connectivity index (χ0v) is 13.0.